The van der Waals surface area contributed by atoms with Crippen molar-refractivity contribution in [3.63, 3.8) is 0 Å². The Bertz CT molecular complexity index is 1790. The van der Waals surface area contributed by atoms with Crippen LogP contribution in [0.2, 0.25) is 0 Å². The third kappa shape index (κ3) is 6.02. The highest BCUT2D eigenvalue weighted by atomic mass is 15.2. The Morgan fingerprint density at radius 1 is 0.422 bits per heavy atom. The number of nitrogens with zero attached hydrogens (tertiary/aromatic N) is 2. The molecule has 1 aliphatic carbocycles. The molecule has 0 radical (unpaired) electrons. The summed E-state index contributed by atoms with van der Waals surface area (Å²) in [4.78, 5) is 4.75. The number of hydrogen-bond acceptors (Lipinski definition) is 3. The van der Waals surface area contributed by atoms with Crippen molar-refractivity contribution in [3.8, 4) is 0 Å². The van der Waals surface area contributed by atoms with Gasteiger partial charge >= 0.3 is 0 Å². The van der Waals surface area contributed by atoms with Crippen molar-refractivity contribution in [2.24, 2.45) is 0 Å². The Balaban J connectivity index is 1.50. The summed E-state index contributed by atoms with van der Waals surface area (Å²) in [6.07, 6.45) is 5.48. The average Bonchev–Trinajstić information content (AvgIpc) is 3.11. The molecule has 1 aliphatic rings. The van der Waals surface area contributed by atoms with Crippen LogP contribution >= 0.6 is 0 Å². The van der Waals surface area contributed by atoms with Crippen LogP contribution in [0.15, 0.2) is 206 Å². The Hall–Kier alpha value is -5.80. The topological polar surface area (TPSA) is 18.5 Å². The van der Waals surface area contributed by atoms with Gasteiger partial charge in [0.1, 0.15) is 0 Å². The molecule has 3 heteroatoms. The molecule has 0 spiro atoms. The van der Waals surface area contributed by atoms with Gasteiger partial charge in [-0.2, -0.15) is 0 Å². The van der Waals surface area contributed by atoms with E-state index in [0.29, 0.717) is 0 Å². The zero-order valence-electron chi connectivity index (χ0n) is 25.1. The predicted octanol–water partition coefficient (Wildman–Crippen LogP) is 10.8. The van der Waals surface area contributed by atoms with Crippen LogP contribution in [0.1, 0.15) is 12.0 Å². The molecule has 1 unspecified atom stereocenters. The molecule has 45 heavy (non-hydrogen) atoms. The van der Waals surface area contributed by atoms with Crippen molar-refractivity contribution in [2.75, 3.05) is 15.1 Å². The highest BCUT2D eigenvalue weighted by molar-refractivity contribution is 5.75. The Kier molecular flexibility index (Phi) is 7.98. The lowest BCUT2D eigenvalue weighted by molar-refractivity contribution is 0.585. The van der Waals surface area contributed by atoms with E-state index in [-0.39, 0.29) is 0 Å². The van der Waals surface area contributed by atoms with Gasteiger partial charge in [-0.1, -0.05) is 121 Å². The fourth-order valence-electron chi connectivity index (χ4n) is 6.21. The number of rotatable bonds is 9. The number of nitrogens with one attached hydrogen (secondary N) is 1. The highest BCUT2D eigenvalue weighted by Crippen LogP contribution is 2.45. The quantitative estimate of drug-likeness (QED) is 0.183. The van der Waals surface area contributed by atoms with E-state index in [0.717, 1.165) is 40.6 Å². The Morgan fingerprint density at radius 2 is 0.800 bits per heavy atom. The molecule has 218 valence electrons. The van der Waals surface area contributed by atoms with Gasteiger partial charge in [0.05, 0.1) is 5.54 Å². The Morgan fingerprint density at radius 3 is 1.24 bits per heavy atom. The molecule has 6 aromatic rings. The van der Waals surface area contributed by atoms with E-state index in [1.165, 1.54) is 11.3 Å². The molecular weight excluding hydrogens is 546 g/mol. The van der Waals surface area contributed by atoms with Crippen molar-refractivity contribution in [2.45, 2.75) is 12.0 Å². The summed E-state index contributed by atoms with van der Waals surface area (Å²) < 4.78 is 0. The summed E-state index contributed by atoms with van der Waals surface area (Å²) in [5.41, 5.74) is 8.38. The first-order valence-electron chi connectivity index (χ1n) is 15.4. The molecule has 0 aromatic heterocycles. The van der Waals surface area contributed by atoms with Gasteiger partial charge in [0.25, 0.3) is 0 Å². The van der Waals surface area contributed by atoms with Gasteiger partial charge in [0.2, 0.25) is 0 Å². The number of para-hydroxylation sites is 5. The summed E-state index contributed by atoms with van der Waals surface area (Å²) in [6, 6.07) is 64.0. The normalized spacial score (nSPS) is 15.8. The first-order valence-corrected chi connectivity index (χ1v) is 15.4. The lowest BCUT2D eigenvalue weighted by Gasteiger charge is -2.42. The second kappa shape index (κ2) is 12.8. The van der Waals surface area contributed by atoms with Crippen molar-refractivity contribution in [3.05, 3.63) is 211 Å². The first kappa shape index (κ1) is 28.0. The van der Waals surface area contributed by atoms with Crippen LogP contribution in [0.4, 0.5) is 28.4 Å². The van der Waals surface area contributed by atoms with Gasteiger partial charge in [-0.3, -0.25) is 0 Å². The second-order valence-electron chi connectivity index (χ2n) is 11.2. The molecular formula is C42H35N3. The fourth-order valence-corrected chi connectivity index (χ4v) is 6.21. The molecule has 0 heterocycles. The molecule has 0 aliphatic heterocycles. The van der Waals surface area contributed by atoms with Gasteiger partial charge < -0.3 is 15.1 Å². The zero-order chi connectivity index (χ0) is 30.3. The summed E-state index contributed by atoms with van der Waals surface area (Å²) in [7, 11) is 0. The smallest absolute Gasteiger partial charge is 0.0887 e. The summed E-state index contributed by atoms with van der Waals surface area (Å²) in [6.45, 7) is 0. The van der Waals surface area contributed by atoms with E-state index in [1.54, 1.807) is 0 Å². The average molecular weight is 582 g/mol. The van der Waals surface area contributed by atoms with Crippen molar-refractivity contribution in [1.29, 1.82) is 0 Å². The van der Waals surface area contributed by atoms with E-state index in [1.807, 2.05) is 0 Å². The molecule has 7 rings (SSSR count). The van der Waals surface area contributed by atoms with E-state index in [9.17, 15) is 0 Å². The summed E-state index contributed by atoms with van der Waals surface area (Å²) in [5, 5.41) is 4.02. The molecule has 0 fully saturated rings. The monoisotopic (exact) mass is 581 g/mol. The maximum absolute atomic E-state index is 4.02. The van der Waals surface area contributed by atoms with Crippen LogP contribution < -0.4 is 15.1 Å². The van der Waals surface area contributed by atoms with Crippen molar-refractivity contribution < 1.29 is 0 Å². The number of allylic oxidation sites excluding steroid dienone is 1. The van der Waals surface area contributed by atoms with E-state index in [4.69, 9.17) is 0 Å². The van der Waals surface area contributed by atoms with Crippen LogP contribution in [-0.4, -0.2) is 0 Å². The predicted molar refractivity (Wildman–Crippen MR) is 189 cm³/mol. The van der Waals surface area contributed by atoms with E-state index in [2.05, 4.69) is 209 Å². The number of benzene rings is 6. The van der Waals surface area contributed by atoms with Crippen LogP contribution in [0.3, 0.4) is 0 Å². The van der Waals surface area contributed by atoms with Gasteiger partial charge in [0.15, 0.2) is 0 Å². The minimum atomic E-state index is -0.564. The number of hydrogen-bond donors (Lipinski definition) is 1. The van der Waals surface area contributed by atoms with Crippen LogP contribution in [0.5, 0.6) is 0 Å². The Labute approximate surface area is 266 Å². The SMILES string of the molecule is C1=C(N(c2ccccc2)c2ccccc2)C=C(N(c2ccccc2)c2ccccc2)CC1(Nc1ccccc1)c1ccccc1. The van der Waals surface area contributed by atoms with Gasteiger partial charge in [-0.15, -0.1) is 0 Å². The molecule has 0 amide bonds. The van der Waals surface area contributed by atoms with Gasteiger partial charge in [0, 0.05) is 46.3 Å². The van der Waals surface area contributed by atoms with Gasteiger partial charge in [-0.25, -0.2) is 0 Å². The lowest BCUT2D eigenvalue weighted by Crippen LogP contribution is -2.40. The van der Waals surface area contributed by atoms with Crippen LogP contribution in [0, 0.1) is 0 Å². The molecule has 0 bridgehead atoms. The van der Waals surface area contributed by atoms with Crippen LogP contribution in [-0.2, 0) is 5.54 Å². The first-order chi connectivity index (χ1) is 22.3. The third-order valence-electron chi connectivity index (χ3n) is 8.20. The molecule has 0 saturated heterocycles. The zero-order valence-corrected chi connectivity index (χ0v) is 25.1. The largest absolute Gasteiger partial charge is 0.372 e. The molecule has 3 nitrogen and oxygen atoms in total. The molecule has 6 aromatic carbocycles. The fraction of sp³-hybridized carbons (Fsp3) is 0.0476. The maximum atomic E-state index is 4.02. The number of anilines is 5. The van der Waals surface area contributed by atoms with Crippen molar-refractivity contribution in [1.82, 2.24) is 0 Å². The second-order valence-corrected chi connectivity index (χ2v) is 11.2. The van der Waals surface area contributed by atoms with E-state index < -0.39 is 5.54 Å². The lowest BCUT2D eigenvalue weighted by atomic mass is 9.80. The highest BCUT2D eigenvalue weighted by Gasteiger charge is 2.38. The molecule has 1 N–H and O–H groups in total. The molecule has 1 atom stereocenters. The maximum Gasteiger partial charge on any atom is 0.0887 e. The van der Waals surface area contributed by atoms with Crippen molar-refractivity contribution >= 4 is 28.4 Å². The van der Waals surface area contributed by atoms with Crippen LogP contribution in [0.25, 0.3) is 0 Å². The summed E-state index contributed by atoms with van der Waals surface area (Å²) in [5.74, 6) is 0. The molecule has 0 saturated carbocycles. The third-order valence-corrected chi connectivity index (χ3v) is 8.20. The standard InChI is InChI=1S/C42H35N3/c1-7-19-34(20-8-1)42(43-35-21-9-2-10-22-35)32-40(44(36-23-11-3-12-24-36)37-25-13-4-14-26-37)31-41(33-42)45(38-27-15-5-16-28-38)39-29-17-6-18-30-39/h1-32,43H,33H2. The minimum absolute atomic E-state index is 0.564. The summed E-state index contributed by atoms with van der Waals surface area (Å²) >= 11 is 0. The minimum Gasteiger partial charge on any atom is -0.372 e. The van der Waals surface area contributed by atoms with E-state index >= 15 is 0 Å². The van der Waals surface area contributed by atoms with Gasteiger partial charge in [-0.05, 0) is 78.4 Å².